The molecule has 0 radical (unpaired) electrons. The molecule has 1 aliphatic heterocycles. The van der Waals surface area contributed by atoms with Crippen molar-refractivity contribution in [1.29, 1.82) is 0 Å². The Balaban J connectivity index is 2.75. The quantitative estimate of drug-likeness (QED) is 0.465. The molecule has 1 aliphatic rings. The molecule has 0 aromatic rings. The number of hydrogen-bond donors (Lipinski definition) is 3. The van der Waals surface area contributed by atoms with E-state index >= 15 is 0 Å². The molecule has 1 fully saturated rings. The average molecular weight is 228 g/mol. The number of hydrogen-bond acceptors (Lipinski definition) is 3. The highest BCUT2D eigenvalue weighted by atomic mass is 32.1. The van der Waals surface area contributed by atoms with Crippen LogP contribution < -0.4 is 16.5 Å². The number of hydrazone groups is 1. The Hall–Kier alpha value is -0.680. The van der Waals surface area contributed by atoms with Gasteiger partial charge in [-0.1, -0.05) is 0 Å². The molecule has 0 bridgehead atoms. The van der Waals surface area contributed by atoms with Gasteiger partial charge in [-0.2, -0.15) is 5.10 Å². The van der Waals surface area contributed by atoms with Gasteiger partial charge < -0.3 is 11.1 Å². The molecule has 86 valence electrons. The largest absolute Gasteiger partial charge is 0.375 e. The van der Waals surface area contributed by atoms with Crippen molar-refractivity contribution in [2.24, 2.45) is 10.8 Å². The second kappa shape index (κ2) is 4.06. The lowest BCUT2D eigenvalue weighted by Gasteiger charge is -2.43. The fourth-order valence-electron chi connectivity index (χ4n) is 2.30. The lowest BCUT2D eigenvalue weighted by Crippen LogP contribution is -2.58. The zero-order chi connectivity index (χ0) is 11.7. The van der Waals surface area contributed by atoms with Crippen molar-refractivity contribution >= 4 is 23.0 Å². The van der Waals surface area contributed by atoms with Crippen LogP contribution in [-0.4, -0.2) is 21.9 Å². The molecule has 0 aromatic heterocycles. The fraction of sp³-hybridized carbons (Fsp3) is 0.800. The van der Waals surface area contributed by atoms with E-state index in [4.69, 9.17) is 18.0 Å². The predicted molar refractivity (Wildman–Crippen MR) is 67.9 cm³/mol. The number of nitrogens with two attached hydrogens (primary N) is 1. The first-order chi connectivity index (χ1) is 6.70. The SMILES string of the molecule is CC1(C)CC(=NNC(N)=S)CC(C)(C)N1. The maximum absolute atomic E-state index is 5.34. The van der Waals surface area contributed by atoms with Gasteiger partial charge in [0.1, 0.15) is 0 Å². The summed E-state index contributed by atoms with van der Waals surface area (Å²) in [5.74, 6) is 0. The summed E-state index contributed by atoms with van der Waals surface area (Å²) in [4.78, 5) is 0. The van der Waals surface area contributed by atoms with Crippen LogP contribution in [0, 0.1) is 0 Å². The van der Waals surface area contributed by atoms with Crippen LogP contribution in [-0.2, 0) is 0 Å². The van der Waals surface area contributed by atoms with Crippen LogP contribution in [0.3, 0.4) is 0 Å². The third-order valence-electron chi connectivity index (χ3n) is 2.29. The first-order valence-corrected chi connectivity index (χ1v) is 5.51. The van der Waals surface area contributed by atoms with E-state index in [1.807, 2.05) is 0 Å². The lowest BCUT2D eigenvalue weighted by atomic mass is 9.81. The standard InChI is InChI=1S/C10H20N4S/c1-9(2)5-7(12-13-8(11)15)6-10(3,4)14-9/h14H,5-6H2,1-4H3,(H3,11,13,15). The van der Waals surface area contributed by atoms with Crippen molar-refractivity contribution in [3.63, 3.8) is 0 Å². The van der Waals surface area contributed by atoms with Crippen molar-refractivity contribution < 1.29 is 0 Å². The predicted octanol–water partition coefficient (Wildman–Crippen LogP) is 1.12. The van der Waals surface area contributed by atoms with E-state index < -0.39 is 0 Å². The van der Waals surface area contributed by atoms with Gasteiger partial charge in [-0.25, -0.2) is 0 Å². The molecule has 1 heterocycles. The Morgan fingerprint density at radius 3 is 2.20 bits per heavy atom. The maximum atomic E-state index is 5.34. The summed E-state index contributed by atoms with van der Waals surface area (Å²) in [6.07, 6.45) is 1.82. The molecule has 4 nitrogen and oxygen atoms in total. The summed E-state index contributed by atoms with van der Waals surface area (Å²) in [6.45, 7) is 8.68. The van der Waals surface area contributed by atoms with Crippen LogP contribution in [0.15, 0.2) is 5.10 Å². The summed E-state index contributed by atoms with van der Waals surface area (Å²) >= 11 is 4.72. The molecule has 1 rings (SSSR count). The number of thiocarbonyl (C=S) groups is 1. The van der Waals surface area contributed by atoms with Crippen LogP contribution in [0.5, 0.6) is 0 Å². The third-order valence-corrected chi connectivity index (χ3v) is 2.38. The molecule has 0 amide bonds. The first-order valence-electron chi connectivity index (χ1n) is 5.10. The van der Waals surface area contributed by atoms with Crippen molar-refractivity contribution in [2.45, 2.75) is 51.6 Å². The van der Waals surface area contributed by atoms with E-state index in [0.717, 1.165) is 18.6 Å². The summed E-state index contributed by atoms with van der Waals surface area (Å²) in [6, 6.07) is 0. The summed E-state index contributed by atoms with van der Waals surface area (Å²) in [5.41, 5.74) is 9.25. The molecule has 0 saturated carbocycles. The van der Waals surface area contributed by atoms with Gasteiger partial charge in [0.15, 0.2) is 5.11 Å². The summed E-state index contributed by atoms with van der Waals surface area (Å²) < 4.78 is 0. The number of nitrogens with zero attached hydrogens (tertiary/aromatic N) is 1. The molecule has 0 atom stereocenters. The maximum Gasteiger partial charge on any atom is 0.184 e. The van der Waals surface area contributed by atoms with E-state index in [1.165, 1.54) is 0 Å². The molecule has 0 spiro atoms. The second-order valence-electron chi connectivity index (χ2n) is 5.40. The minimum atomic E-state index is 0.0679. The molecule has 5 heteroatoms. The Morgan fingerprint density at radius 2 is 1.80 bits per heavy atom. The van der Waals surface area contributed by atoms with Crippen molar-refractivity contribution in [3.8, 4) is 0 Å². The highest BCUT2D eigenvalue weighted by Gasteiger charge is 2.35. The Labute approximate surface area is 96.7 Å². The Bertz CT molecular complexity index is 276. The smallest absolute Gasteiger partial charge is 0.184 e. The van der Waals surface area contributed by atoms with Gasteiger partial charge in [0.2, 0.25) is 0 Å². The van der Waals surface area contributed by atoms with Crippen LogP contribution >= 0.6 is 12.2 Å². The van der Waals surface area contributed by atoms with E-state index in [2.05, 4.69) is 43.5 Å². The molecule has 0 aromatic carbocycles. The van der Waals surface area contributed by atoms with Gasteiger partial charge >= 0.3 is 0 Å². The van der Waals surface area contributed by atoms with Gasteiger partial charge in [-0.05, 0) is 39.9 Å². The van der Waals surface area contributed by atoms with Gasteiger partial charge in [-0.15, -0.1) is 0 Å². The highest BCUT2D eigenvalue weighted by Crippen LogP contribution is 2.26. The van der Waals surface area contributed by atoms with E-state index in [1.54, 1.807) is 0 Å². The summed E-state index contributed by atoms with van der Waals surface area (Å²) in [7, 11) is 0. The Kier molecular flexibility index (Phi) is 3.35. The van der Waals surface area contributed by atoms with E-state index in [9.17, 15) is 0 Å². The van der Waals surface area contributed by atoms with Gasteiger partial charge in [0.05, 0.1) is 0 Å². The van der Waals surface area contributed by atoms with E-state index in [0.29, 0.717) is 0 Å². The molecular formula is C10H20N4S. The molecular weight excluding hydrogens is 208 g/mol. The van der Waals surface area contributed by atoms with Crippen LogP contribution in [0.25, 0.3) is 0 Å². The van der Waals surface area contributed by atoms with Crippen LogP contribution in [0.4, 0.5) is 0 Å². The van der Waals surface area contributed by atoms with Crippen molar-refractivity contribution in [3.05, 3.63) is 0 Å². The zero-order valence-electron chi connectivity index (χ0n) is 9.85. The van der Waals surface area contributed by atoms with Gasteiger partial charge in [-0.3, -0.25) is 5.43 Å². The van der Waals surface area contributed by atoms with Crippen LogP contribution in [0.1, 0.15) is 40.5 Å². The summed E-state index contributed by atoms with van der Waals surface area (Å²) in [5, 5.41) is 8.03. The van der Waals surface area contributed by atoms with Gasteiger partial charge in [0.25, 0.3) is 0 Å². The van der Waals surface area contributed by atoms with Gasteiger partial charge in [0, 0.05) is 29.6 Å². The minimum Gasteiger partial charge on any atom is -0.375 e. The molecule has 15 heavy (non-hydrogen) atoms. The van der Waals surface area contributed by atoms with Crippen molar-refractivity contribution in [2.75, 3.05) is 0 Å². The number of rotatable bonds is 1. The molecule has 0 unspecified atom stereocenters. The zero-order valence-corrected chi connectivity index (χ0v) is 10.7. The topological polar surface area (TPSA) is 62.4 Å². The normalized spacial score (nSPS) is 23.3. The fourth-order valence-corrected chi connectivity index (χ4v) is 2.35. The van der Waals surface area contributed by atoms with E-state index in [-0.39, 0.29) is 16.2 Å². The third kappa shape index (κ3) is 4.13. The molecule has 1 saturated heterocycles. The number of nitrogens with one attached hydrogen (secondary N) is 2. The average Bonchev–Trinajstić information content (AvgIpc) is 1.94. The van der Waals surface area contributed by atoms with Crippen LogP contribution in [0.2, 0.25) is 0 Å². The lowest BCUT2D eigenvalue weighted by molar-refractivity contribution is 0.251. The first kappa shape index (κ1) is 12.4. The second-order valence-corrected chi connectivity index (χ2v) is 5.84. The number of piperidine rings is 1. The molecule has 4 N–H and O–H groups in total. The molecule has 0 aliphatic carbocycles. The monoisotopic (exact) mass is 228 g/mol. The minimum absolute atomic E-state index is 0.0679. The van der Waals surface area contributed by atoms with Crippen molar-refractivity contribution in [1.82, 2.24) is 10.7 Å². The highest BCUT2D eigenvalue weighted by molar-refractivity contribution is 7.80. The Morgan fingerprint density at radius 1 is 1.33 bits per heavy atom.